The Kier molecular flexibility index (Phi) is 8.36. The van der Waals surface area contributed by atoms with Crippen molar-refractivity contribution in [2.45, 2.75) is 45.4 Å². The van der Waals surface area contributed by atoms with Crippen LogP contribution in [-0.2, 0) is 9.53 Å². The first-order valence-corrected chi connectivity index (χ1v) is 9.55. The van der Waals surface area contributed by atoms with E-state index < -0.39 is 0 Å². The number of aliphatic imine (C=N–C) groups is 1. The lowest BCUT2D eigenvalue weighted by molar-refractivity contribution is -0.127. The summed E-state index contributed by atoms with van der Waals surface area (Å²) < 4.78 is 5.69. The molecule has 2 saturated carbocycles. The summed E-state index contributed by atoms with van der Waals surface area (Å²) in [6, 6.07) is 0. The number of hydrogen-bond donors (Lipinski definition) is 2. The fourth-order valence-electron chi connectivity index (χ4n) is 2.60. The summed E-state index contributed by atoms with van der Waals surface area (Å²) >= 11 is 0. The molecule has 2 N–H and O–H groups in total. The molecule has 2 aliphatic rings. The van der Waals surface area contributed by atoms with Gasteiger partial charge in [0.2, 0.25) is 5.91 Å². The van der Waals surface area contributed by atoms with Gasteiger partial charge in [0, 0.05) is 45.8 Å². The summed E-state index contributed by atoms with van der Waals surface area (Å²) in [7, 11) is 2.04. The minimum Gasteiger partial charge on any atom is -0.379 e. The van der Waals surface area contributed by atoms with Crippen LogP contribution in [0.1, 0.15) is 45.4 Å². The third-order valence-corrected chi connectivity index (χ3v) is 4.69. The largest absolute Gasteiger partial charge is 0.379 e. The van der Waals surface area contributed by atoms with E-state index in [2.05, 4.69) is 27.4 Å². The summed E-state index contributed by atoms with van der Waals surface area (Å²) in [5.74, 6) is 2.22. The number of guanidine groups is 1. The monoisotopic (exact) mass is 338 g/mol. The second-order valence-corrected chi connectivity index (χ2v) is 6.95. The average molecular weight is 338 g/mol. The molecule has 0 bridgehead atoms. The Morgan fingerprint density at radius 3 is 2.67 bits per heavy atom. The number of nitrogens with zero attached hydrogens (tertiary/aromatic N) is 2. The highest BCUT2D eigenvalue weighted by molar-refractivity contribution is 5.80. The Bertz CT molecular complexity index is 406. The van der Waals surface area contributed by atoms with Crippen molar-refractivity contribution in [3.8, 4) is 0 Å². The van der Waals surface area contributed by atoms with E-state index in [1.54, 1.807) is 0 Å². The van der Waals surface area contributed by atoms with E-state index in [1.165, 1.54) is 19.3 Å². The molecule has 2 aliphatic carbocycles. The van der Waals surface area contributed by atoms with Crippen LogP contribution in [0.25, 0.3) is 0 Å². The minimum atomic E-state index is 0.224. The lowest BCUT2D eigenvalue weighted by Gasteiger charge is -2.24. The number of rotatable bonds is 11. The molecule has 24 heavy (non-hydrogen) atoms. The van der Waals surface area contributed by atoms with Crippen molar-refractivity contribution in [3.63, 3.8) is 0 Å². The van der Waals surface area contributed by atoms with E-state index in [0.717, 1.165) is 64.0 Å². The van der Waals surface area contributed by atoms with Crippen LogP contribution in [0.5, 0.6) is 0 Å². The van der Waals surface area contributed by atoms with Crippen LogP contribution in [-0.4, -0.2) is 63.2 Å². The second kappa shape index (κ2) is 10.5. The van der Waals surface area contributed by atoms with Gasteiger partial charge in [0.05, 0.1) is 6.61 Å². The Morgan fingerprint density at radius 1 is 1.25 bits per heavy atom. The van der Waals surface area contributed by atoms with Gasteiger partial charge in [-0.2, -0.15) is 0 Å². The van der Waals surface area contributed by atoms with Crippen LogP contribution in [0.4, 0.5) is 0 Å². The quantitative estimate of drug-likeness (QED) is 0.341. The van der Waals surface area contributed by atoms with Crippen LogP contribution >= 0.6 is 0 Å². The normalized spacial score (nSPS) is 18.2. The predicted octanol–water partition coefficient (Wildman–Crippen LogP) is 1.62. The zero-order valence-corrected chi connectivity index (χ0v) is 15.4. The lowest BCUT2D eigenvalue weighted by atomic mass is 9.85. The maximum atomic E-state index is 11.8. The summed E-state index contributed by atoms with van der Waals surface area (Å²) in [6.45, 7) is 6.86. The van der Waals surface area contributed by atoms with Crippen molar-refractivity contribution in [2.24, 2.45) is 16.8 Å². The Hall–Kier alpha value is -1.30. The van der Waals surface area contributed by atoms with Crippen molar-refractivity contribution in [3.05, 3.63) is 0 Å². The van der Waals surface area contributed by atoms with Gasteiger partial charge in [-0.1, -0.05) is 6.42 Å². The molecule has 6 nitrogen and oxygen atoms in total. The van der Waals surface area contributed by atoms with E-state index in [4.69, 9.17) is 4.74 Å². The predicted molar refractivity (Wildman–Crippen MR) is 97.1 cm³/mol. The van der Waals surface area contributed by atoms with Gasteiger partial charge in [0.25, 0.3) is 0 Å². The third kappa shape index (κ3) is 7.07. The molecule has 138 valence electrons. The minimum absolute atomic E-state index is 0.224. The third-order valence-electron chi connectivity index (χ3n) is 4.69. The standard InChI is InChI=1S/C18H34N4O2/c1-3-19-18(22(2)12-13-24-14-15-8-9-15)21-11-5-10-20-17(23)16-6-4-7-16/h15-16H,3-14H2,1-2H3,(H,19,21)(H,20,23). The van der Waals surface area contributed by atoms with Crippen molar-refractivity contribution < 1.29 is 9.53 Å². The number of nitrogens with one attached hydrogen (secondary N) is 2. The van der Waals surface area contributed by atoms with Crippen LogP contribution in [0.3, 0.4) is 0 Å². The van der Waals surface area contributed by atoms with Crippen LogP contribution < -0.4 is 10.6 Å². The highest BCUT2D eigenvalue weighted by Crippen LogP contribution is 2.28. The molecule has 6 heteroatoms. The molecule has 0 radical (unpaired) electrons. The SMILES string of the molecule is CCNC(=NCCCNC(=O)C1CCC1)N(C)CCOCC1CC1. The maximum Gasteiger partial charge on any atom is 0.223 e. The molecule has 0 aliphatic heterocycles. The number of amides is 1. The molecule has 0 atom stereocenters. The van der Waals surface area contributed by atoms with Gasteiger partial charge in [-0.3, -0.25) is 9.79 Å². The van der Waals surface area contributed by atoms with Gasteiger partial charge in [0.15, 0.2) is 5.96 Å². The molecule has 0 aromatic rings. The molecule has 1 amide bonds. The van der Waals surface area contributed by atoms with Crippen LogP contribution in [0.2, 0.25) is 0 Å². The smallest absolute Gasteiger partial charge is 0.223 e. The van der Waals surface area contributed by atoms with E-state index in [9.17, 15) is 4.79 Å². The van der Waals surface area contributed by atoms with Crippen molar-refractivity contribution in [2.75, 3.05) is 46.4 Å². The number of hydrogen-bond acceptors (Lipinski definition) is 3. The number of carbonyl (C=O) groups is 1. The highest BCUT2D eigenvalue weighted by Gasteiger charge is 2.24. The molecule has 0 saturated heterocycles. The molecule has 0 spiro atoms. The molecular formula is C18H34N4O2. The molecule has 0 heterocycles. The second-order valence-electron chi connectivity index (χ2n) is 6.95. The Balaban J connectivity index is 1.57. The maximum absolute atomic E-state index is 11.8. The van der Waals surface area contributed by atoms with Gasteiger partial charge in [-0.05, 0) is 44.9 Å². The molecule has 2 fully saturated rings. The summed E-state index contributed by atoms with van der Waals surface area (Å²) in [6.07, 6.45) is 6.85. The van der Waals surface area contributed by atoms with Gasteiger partial charge in [0.1, 0.15) is 0 Å². The Morgan fingerprint density at radius 2 is 2.04 bits per heavy atom. The van der Waals surface area contributed by atoms with Gasteiger partial charge in [-0.25, -0.2) is 0 Å². The van der Waals surface area contributed by atoms with Gasteiger partial charge >= 0.3 is 0 Å². The molecule has 0 unspecified atom stereocenters. The molecule has 0 aromatic carbocycles. The fraction of sp³-hybridized carbons (Fsp3) is 0.889. The van der Waals surface area contributed by atoms with Crippen molar-refractivity contribution in [1.29, 1.82) is 0 Å². The number of carbonyl (C=O) groups excluding carboxylic acids is 1. The summed E-state index contributed by atoms with van der Waals surface area (Å²) in [5, 5.41) is 6.33. The lowest BCUT2D eigenvalue weighted by Crippen LogP contribution is -2.41. The first kappa shape index (κ1) is 19.0. The molecule has 2 rings (SSSR count). The zero-order chi connectivity index (χ0) is 17.2. The molecule has 0 aromatic heterocycles. The Labute approximate surface area is 146 Å². The highest BCUT2D eigenvalue weighted by atomic mass is 16.5. The van der Waals surface area contributed by atoms with E-state index in [1.807, 2.05) is 7.05 Å². The molecular weight excluding hydrogens is 304 g/mol. The topological polar surface area (TPSA) is 66.0 Å². The van der Waals surface area contributed by atoms with Crippen LogP contribution in [0, 0.1) is 11.8 Å². The van der Waals surface area contributed by atoms with Crippen molar-refractivity contribution >= 4 is 11.9 Å². The van der Waals surface area contributed by atoms with Crippen LogP contribution in [0.15, 0.2) is 4.99 Å². The summed E-state index contributed by atoms with van der Waals surface area (Å²) in [5.41, 5.74) is 0. The number of likely N-dealkylation sites (N-methyl/N-ethyl adjacent to an activating group) is 1. The average Bonchev–Trinajstić information content (AvgIpc) is 3.32. The van der Waals surface area contributed by atoms with E-state index >= 15 is 0 Å². The van der Waals surface area contributed by atoms with E-state index in [0.29, 0.717) is 6.54 Å². The number of ether oxygens (including phenoxy) is 1. The fourth-order valence-corrected chi connectivity index (χ4v) is 2.60. The summed E-state index contributed by atoms with van der Waals surface area (Å²) in [4.78, 5) is 18.5. The zero-order valence-electron chi connectivity index (χ0n) is 15.4. The van der Waals surface area contributed by atoms with Crippen molar-refractivity contribution in [1.82, 2.24) is 15.5 Å². The first-order chi connectivity index (χ1) is 11.7. The van der Waals surface area contributed by atoms with Gasteiger partial charge < -0.3 is 20.3 Å². The van der Waals surface area contributed by atoms with E-state index in [-0.39, 0.29) is 11.8 Å². The van der Waals surface area contributed by atoms with Gasteiger partial charge in [-0.15, -0.1) is 0 Å². The first-order valence-electron chi connectivity index (χ1n) is 9.55.